The molecule has 4 heteroatoms. The first-order valence-electron chi connectivity index (χ1n) is 6.75. The van der Waals surface area contributed by atoms with Gasteiger partial charge in [0.2, 0.25) is 0 Å². The molecule has 0 fully saturated rings. The number of halogens is 1. The summed E-state index contributed by atoms with van der Waals surface area (Å²) < 4.78 is 18.7. The molecule has 0 aliphatic rings. The Balaban J connectivity index is 2.50. The lowest BCUT2D eigenvalue weighted by Gasteiger charge is -2.28. The number of hydrogen-bond acceptors (Lipinski definition) is 3. The Kier molecular flexibility index (Phi) is 6.25. The van der Waals surface area contributed by atoms with E-state index in [9.17, 15) is 9.50 Å². The highest BCUT2D eigenvalue weighted by Gasteiger charge is 2.22. The van der Waals surface area contributed by atoms with Crippen molar-refractivity contribution in [2.45, 2.75) is 39.2 Å². The molecule has 19 heavy (non-hydrogen) atoms. The zero-order valence-electron chi connectivity index (χ0n) is 12.0. The molecule has 1 atom stereocenters. The fourth-order valence-electron chi connectivity index (χ4n) is 1.77. The van der Waals surface area contributed by atoms with E-state index in [0.29, 0.717) is 18.8 Å². The second kappa shape index (κ2) is 7.46. The predicted molar refractivity (Wildman–Crippen MR) is 75.0 cm³/mol. The molecule has 1 rings (SSSR count). The molecule has 1 unspecified atom stereocenters. The van der Waals surface area contributed by atoms with E-state index in [-0.39, 0.29) is 18.0 Å². The molecule has 0 aliphatic heterocycles. The van der Waals surface area contributed by atoms with Gasteiger partial charge in [0.05, 0.1) is 13.2 Å². The maximum atomic E-state index is 13.1. The van der Waals surface area contributed by atoms with E-state index in [1.807, 2.05) is 13.8 Å². The second-order valence-corrected chi connectivity index (χ2v) is 5.15. The zero-order valence-corrected chi connectivity index (χ0v) is 12.0. The molecule has 0 aromatic heterocycles. The summed E-state index contributed by atoms with van der Waals surface area (Å²) in [6.45, 7) is 7.28. The fourth-order valence-corrected chi connectivity index (χ4v) is 1.77. The van der Waals surface area contributed by atoms with Gasteiger partial charge >= 0.3 is 0 Å². The molecule has 0 saturated carbocycles. The maximum absolute atomic E-state index is 13.1. The Morgan fingerprint density at radius 3 is 2.79 bits per heavy atom. The Bertz CT molecular complexity index is 398. The molecule has 0 bridgehead atoms. The molecule has 1 aromatic carbocycles. The number of aliphatic hydroxyl groups excluding tert-OH is 1. The van der Waals surface area contributed by atoms with E-state index < -0.39 is 0 Å². The third kappa shape index (κ3) is 5.17. The Morgan fingerprint density at radius 1 is 1.42 bits per heavy atom. The molecule has 0 aliphatic carbocycles. The van der Waals surface area contributed by atoms with Crippen LogP contribution in [0.25, 0.3) is 0 Å². The lowest BCUT2D eigenvalue weighted by atomic mass is 9.99. The second-order valence-electron chi connectivity index (χ2n) is 5.15. The molecule has 3 nitrogen and oxygen atoms in total. The number of nitrogens with one attached hydrogen (secondary N) is 1. The summed E-state index contributed by atoms with van der Waals surface area (Å²) >= 11 is 0. The van der Waals surface area contributed by atoms with Crippen LogP contribution in [0.2, 0.25) is 0 Å². The molecule has 0 spiro atoms. The third-order valence-corrected chi connectivity index (χ3v) is 3.21. The van der Waals surface area contributed by atoms with Crippen molar-refractivity contribution in [3.63, 3.8) is 0 Å². The van der Waals surface area contributed by atoms with Gasteiger partial charge in [-0.2, -0.15) is 0 Å². The summed E-state index contributed by atoms with van der Waals surface area (Å²) in [5.41, 5.74) is 0.561. The van der Waals surface area contributed by atoms with Crippen molar-refractivity contribution in [3.05, 3.63) is 29.6 Å². The van der Waals surface area contributed by atoms with Crippen molar-refractivity contribution in [1.82, 2.24) is 5.32 Å². The van der Waals surface area contributed by atoms with Gasteiger partial charge in [0, 0.05) is 18.0 Å². The van der Waals surface area contributed by atoms with Crippen LogP contribution in [0.4, 0.5) is 4.39 Å². The van der Waals surface area contributed by atoms with Crippen molar-refractivity contribution in [2.24, 2.45) is 0 Å². The van der Waals surface area contributed by atoms with Crippen LogP contribution in [0.5, 0.6) is 5.75 Å². The smallest absolute Gasteiger partial charge is 0.126 e. The molecule has 0 radical (unpaired) electrons. The highest BCUT2D eigenvalue weighted by atomic mass is 19.1. The number of benzene rings is 1. The van der Waals surface area contributed by atoms with Crippen LogP contribution in [-0.4, -0.2) is 30.4 Å². The van der Waals surface area contributed by atoms with E-state index >= 15 is 0 Å². The molecule has 0 saturated heterocycles. The number of ether oxygens (including phenoxy) is 1. The summed E-state index contributed by atoms with van der Waals surface area (Å²) in [5, 5.41) is 12.7. The van der Waals surface area contributed by atoms with Crippen LogP contribution >= 0.6 is 0 Å². The van der Waals surface area contributed by atoms with E-state index in [0.717, 1.165) is 18.5 Å². The van der Waals surface area contributed by atoms with E-state index in [1.54, 1.807) is 6.07 Å². The van der Waals surface area contributed by atoms with Crippen molar-refractivity contribution in [3.8, 4) is 5.75 Å². The van der Waals surface area contributed by atoms with Gasteiger partial charge in [0.1, 0.15) is 11.6 Å². The normalized spacial score (nSPS) is 14.2. The topological polar surface area (TPSA) is 41.5 Å². The van der Waals surface area contributed by atoms with Gasteiger partial charge in [0.15, 0.2) is 0 Å². The summed E-state index contributed by atoms with van der Waals surface area (Å²) in [5.74, 6) is 0.269. The van der Waals surface area contributed by atoms with Crippen molar-refractivity contribution < 1.29 is 14.2 Å². The molecule has 108 valence electrons. The molecule has 2 N–H and O–H groups in total. The standard InChI is InChI=1S/C15H24FNO2/c1-4-8-17-15(3,11-18)7-9-19-14-10-13(16)6-5-12(14)2/h5-6,10,17-18H,4,7-9,11H2,1-3H3. The lowest BCUT2D eigenvalue weighted by molar-refractivity contribution is 0.144. The van der Waals surface area contributed by atoms with E-state index in [2.05, 4.69) is 12.2 Å². The summed E-state index contributed by atoms with van der Waals surface area (Å²) in [4.78, 5) is 0. The highest BCUT2D eigenvalue weighted by molar-refractivity contribution is 5.32. The SMILES string of the molecule is CCCNC(C)(CO)CCOc1cc(F)ccc1C. The molecule has 0 heterocycles. The Morgan fingerprint density at radius 2 is 2.16 bits per heavy atom. The van der Waals surface area contributed by atoms with Gasteiger partial charge in [0.25, 0.3) is 0 Å². The first kappa shape index (κ1) is 15.9. The minimum atomic E-state index is -0.350. The average molecular weight is 269 g/mol. The van der Waals surface area contributed by atoms with Gasteiger partial charge in [-0.05, 0) is 38.4 Å². The molecular formula is C15H24FNO2. The predicted octanol–water partition coefficient (Wildman–Crippen LogP) is 2.65. The van der Waals surface area contributed by atoms with Gasteiger partial charge in [-0.3, -0.25) is 0 Å². The molecular weight excluding hydrogens is 245 g/mol. The molecule has 0 amide bonds. The minimum Gasteiger partial charge on any atom is -0.493 e. The summed E-state index contributed by atoms with van der Waals surface area (Å²) in [6, 6.07) is 4.51. The van der Waals surface area contributed by atoms with Gasteiger partial charge < -0.3 is 15.2 Å². The first-order valence-corrected chi connectivity index (χ1v) is 6.75. The van der Waals surface area contributed by atoms with Crippen LogP contribution in [0.1, 0.15) is 32.3 Å². The van der Waals surface area contributed by atoms with Gasteiger partial charge in [-0.15, -0.1) is 0 Å². The Labute approximate surface area is 114 Å². The number of hydrogen-bond donors (Lipinski definition) is 2. The summed E-state index contributed by atoms with van der Waals surface area (Å²) in [7, 11) is 0. The largest absolute Gasteiger partial charge is 0.493 e. The minimum absolute atomic E-state index is 0.0541. The van der Waals surface area contributed by atoms with Gasteiger partial charge in [-0.25, -0.2) is 4.39 Å². The van der Waals surface area contributed by atoms with Crippen LogP contribution in [0.15, 0.2) is 18.2 Å². The van der Waals surface area contributed by atoms with Crippen molar-refractivity contribution in [2.75, 3.05) is 19.8 Å². The highest BCUT2D eigenvalue weighted by Crippen LogP contribution is 2.20. The van der Waals surface area contributed by atoms with E-state index in [4.69, 9.17) is 4.74 Å². The summed E-state index contributed by atoms with van der Waals surface area (Å²) in [6.07, 6.45) is 1.68. The van der Waals surface area contributed by atoms with Gasteiger partial charge in [-0.1, -0.05) is 13.0 Å². The fraction of sp³-hybridized carbons (Fsp3) is 0.600. The number of aliphatic hydroxyl groups is 1. The van der Waals surface area contributed by atoms with Crippen molar-refractivity contribution in [1.29, 1.82) is 0 Å². The number of aryl methyl sites for hydroxylation is 1. The van der Waals surface area contributed by atoms with Crippen LogP contribution in [-0.2, 0) is 0 Å². The monoisotopic (exact) mass is 269 g/mol. The average Bonchev–Trinajstić information content (AvgIpc) is 2.40. The van der Waals surface area contributed by atoms with Crippen molar-refractivity contribution >= 4 is 0 Å². The van der Waals surface area contributed by atoms with E-state index in [1.165, 1.54) is 12.1 Å². The number of rotatable bonds is 8. The zero-order chi connectivity index (χ0) is 14.3. The van der Waals surface area contributed by atoms with Crippen LogP contribution in [0.3, 0.4) is 0 Å². The van der Waals surface area contributed by atoms with Crippen LogP contribution < -0.4 is 10.1 Å². The first-order chi connectivity index (χ1) is 9.00. The van der Waals surface area contributed by atoms with Crippen LogP contribution in [0, 0.1) is 12.7 Å². The Hall–Kier alpha value is -1.13. The quantitative estimate of drug-likeness (QED) is 0.762. The lowest BCUT2D eigenvalue weighted by Crippen LogP contribution is -2.47. The molecule has 1 aromatic rings. The maximum Gasteiger partial charge on any atom is 0.126 e. The third-order valence-electron chi connectivity index (χ3n) is 3.21.